The summed E-state index contributed by atoms with van der Waals surface area (Å²) in [6, 6.07) is 11.5. The van der Waals surface area contributed by atoms with E-state index in [-0.39, 0.29) is 12.3 Å². The Kier molecular flexibility index (Phi) is 4.22. The van der Waals surface area contributed by atoms with Crippen molar-refractivity contribution < 1.29 is 9.47 Å². The molecule has 1 N–H and O–H groups in total. The van der Waals surface area contributed by atoms with Gasteiger partial charge in [0.1, 0.15) is 0 Å². The van der Waals surface area contributed by atoms with Crippen molar-refractivity contribution in [1.82, 2.24) is 5.32 Å². The van der Waals surface area contributed by atoms with Gasteiger partial charge in [-0.2, -0.15) is 0 Å². The average Bonchev–Trinajstić information content (AvgIpc) is 2.94. The summed E-state index contributed by atoms with van der Waals surface area (Å²) in [7, 11) is 0. The first-order valence-corrected chi connectivity index (χ1v) is 7.81. The highest BCUT2D eigenvalue weighted by Gasteiger charge is 2.24. The third-order valence-corrected chi connectivity index (χ3v) is 4.57. The van der Waals surface area contributed by atoms with E-state index in [9.17, 15) is 0 Å². The Morgan fingerprint density at radius 1 is 1.05 bits per heavy atom. The largest absolute Gasteiger partial charge is 0.454 e. The van der Waals surface area contributed by atoms with Crippen LogP contribution >= 0.6 is 23.2 Å². The van der Waals surface area contributed by atoms with Crippen LogP contribution in [-0.2, 0) is 12.1 Å². The van der Waals surface area contributed by atoms with E-state index in [0.717, 1.165) is 22.6 Å². The van der Waals surface area contributed by atoms with Crippen molar-refractivity contribution in [3.05, 3.63) is 57.6 Å². The van der Waals surface area contributed by atoms with Crippen molar-refractivity contribution >= 4 is 23.2 Å². The summed E-state index contributed by atoms with van der Waals surface area (Å²) >= 11 is 12.4. The highest BCUT2D eigenvalue weighted by atomic mass is 35.5. The third kappa shape index (κ3) is 3.02. The van der Waals surface area contributed by atoms with Gasteiger partial charge in [0.15, 0.2) is 11.5 Å². The normalized spacial score (nSPS) is 13.5. The fourth-order valence-corrected chi connectivity index (χ4v) is 2.93. The molecule has 0 spiro atoms. The molecule has 0 fully saturated rings. The van der Waals surface area contributed by atoms with E-state index in [1.165, 1.54) is 0 Å². The first kappa shape index (κ1) is 15.5. The highest BCUT2D eigenvalue weighted by molar-refractivity contribution is 6.35. The second kappa shape index (κ2) is 5.99. The Morgan fingerprint density at radius 2 is 1.73 bits per heavy atom. The lowest BCUT2D eigenvalue weighted by Crippen LogP contribution is -2.36. The van der Waals surface area contributed by atoms with Crippen LogP contribution in [0.15, 0.2) is 36.4 Å². The summed E-state index contributed by atoms with van der Waals surface area (Å²) in [6.45, 7) is 5.08. The molecule has 3 rings (SSSR count). The van der Waals surface area contributed by atoms with Crippen LogP contribution in [0.3, 0.4) is 0 Å². The standard InChI is InChI=1S/C17H17Cl2NO2/c1-17(2,11-6-7-15-16(8-11)22-10-21-15)20-9-12-13(18)4-3-5-14(12)19/h3-8,20H,9-10H2,1-2H3. The first-order chi connectivity index (χ1) is 10.5. The molecule has 0 saturated carbocycles. The second-order valence-electron chi connectivity index (χ2n) is 5.75. The average molecular weight is 338 g/mol. The van der Waals surface area contributed by atoms with Crippen molar-refractivity contribution in [2.24, 2.45) is 0 Å². The van der Waals surface area contributed by atoms with Crippen LogP contribution in [-0.4, -0.2) is 6.79 Å². The first-order valence-electron chi connectivity index (χ1n) is 7.05. The fourth-order valence-electron chi connectivity index (χ4n) is 2.40. The van der Waals surface area contributed by atoms with Crippen LogP contribution in [0.25, 0.3) is 0 Å². The molecule has 1 heterocycles. The van der Waals surface area contributed by atoms with Gasteiger partial charge < -0.3 is 14.8 Å². The van der Waals surface area contributed by atoms with Gasteiger partial charge >= 0.3 is 0 Å². The third-order valence-electron chi connectivity index (χ3n) is 3.86. The van der Waals surface area contributed by atoms with Crippen molar-refractivity contribution in [2.75, 3.05) is 6.79 Å². The van der Waals surface area contributed by atoms with E-state index >= 15 is 0 Å². The number of ether oxygens (including phenoxy) is 2. The summed E-state index contributed by atoms with van der Waals surface area (Å²) in [5.74, 6) is 1.57. The van der Waals surface area contributed by atoms with Crippen molar-refractivity contribution in [1.29, 1.82) is 0 Å². The molecule has 0 atom stereocenters. The monoisotopic (exact) mass is 337 g/mol. The van der Waals surface area contributed by atoms with E-state index in [4.69, 9.17) is 32.7 Å². The number of nitrogens with one attached hydrogen (secondary N) is 1. The van der Waals surface area contributed by atoms with Crippen molar-refractivity contribution in [2.45, 2.75) is 25.9 Å². The van der Waals surface area contributed by atoms with E-state index < -0.39 is 0 Å². The highest BCUT2D eigenvalue weighted by Crippen LogP contribution is 2.36. The molecule has 1 aliphatic heterocycles. The summed E-state index contributed by atoms with van der Waals surface area (Å²) in [6.07, 6.45) is 0. The molecule has 1 aliphatic rings. The number of hydrogen-bond acceptors (Lipinski definition) is 3. The SMILES string of the molecule is CC(C)(NCc1c(Cl)cccc1Cl)c1ccc2c(c1)OCO2. The van der Waals surface area contributed by atoms with Gasteiger partial charge in [0.05, 0.1) is 0 Å². The van der Waals surface area contributed by atoms with E-state index in [1.807, 2.05) is 36.4 Å². The number of halogens is 2. The quantitative estimate of drug-likeness (QED) is 0.873. The molecular weight excluding hydrogens is 321 g/mol. The number of benzene rings is 2. The van der Waals surface area contributed by atoms with Gasteiger partial charge in [0, 0.05) is 27.7 Å². The molecule has 5 heteroatoms. The maximum atomic E-state index is 6.22. The topological polar surface area (TPSA) is 30.5 Å². The zero-order valence-corrected chi connectivity index (χ0v) is 14.0. The Bertz CT molecular complexity index is 681. The molecule has 0 unspecified atom stereocenters. The van der Waals surface area contributed by atoms with Crippen LogP contribution < -0.4 is 14.8 Å². The van der Waals surface area contributed by atoms with Crippen LogP contribution in [0.5, 0.6) is 11.5 Å². The zero-order chi connectivity index (χ0) is 15.7. The molecule has 0 aliphatic carbocycles. The minimum Gasteiger partial charge on any atom is -0.454 e. The molecule has 0 aromatic heterocycles. The Hall–Kier alpha value is -1.42. The molecule has 0 amide bonds. The van der Waals surface area contributed by atoms with E-state index in [2.05, 4.69) is 19.2 Å². The molecular formula is C17H17Cl2NO2. The van der Waals surface area contributed by atoms with Gasteiger partial charge in [-0.05, 0) is 43.7 Å². The van der Waals surface area contributed by atoms with Crippen LogP contribution in [0.2, 0.25) is 10.0 Å². The van der Waals surface area contributed by atoms with Gasteiger partial charge in [-0.15, -0.1) is 0 Å². The van der Waals surface area contributed by atoms with Crippen molar-refractivity contribution in [3.63, 3.8) is 0 Å². The Morgan fingerprint density at radius 3 is 2.45 bits per heavy atom. The maximum absolute atomic E-state index is 6.22. The summed E-state index contributed by atoms with van der Waals surface area (Å²) in [5, 5.41) is 4.84. The van der Waals surface area contributed by atoms with Crippen LogP contribution in [0.1, 0.15) is 25.0 Å². The number of rotatable bonds is 4. The molecule has 0 bridgehead atoms. The summed E-state index contributed by atoms with van der Waals surface area (Å²) in [5.41, 5.74) is 1.75. The van der Waals surface area contributed by atoms with E-state index in [0.29, 0.717) is 16.6 Å². The van der Waals surface area contributed by atoms with Gasteiger partial charge in [-0.25, -0.2) is 0 Å². The van der Waals surface area contributed by atoms with Gasteiger partial charge in [-0.1, -0.05) is 35.3 Å². The van der Waals surface area contributed by atoms with Crippen LogP contribution in [0, 0.1) is 0 Å². The predicted octanol–water partition coefficient (Wildman–Crippen LogP) is 4.75. The molecule has 116 valence electrons. The lowest BCUT2D eigenvalue weighted by atomic mass is 9.93. The molecule has 0 radical (unpaired) electrons. The van der Waals surface area contributed by atoms with Gasteiger partial charge in [0.25, 0.3) is 0 Å². The van der Waals surface area contributed by atoms with Crippen molar-refractivity contribution in [3.8, 4) is 11.5 Å². The van der Waals surface area contributed by atoms with Gasteiger partial charge in [0.2, 0.25) is 6.79 Å². The molecule has 2 aromatic carbocycles. The Balaban J connectivity index is 1.79. The maximum Gasteiger partial charge on any atom is 0.231 e. The molecule has 3 nitrogen and oxygen atoms in total. The lowest BCUT2D eigenvalue weighted by Gasteiger charge is -2.28. The molecule has 2 aromatic rings. The minimum atomic E-state index is -0.260. The number of fused-ring (bicyclic) bond motifs is 1. The second-order valence-corrected chi connectivity index (χ2v) is 6.56. The Labute approximate surface area is 140 Å². The summed E-state index contributed by atoms with van der Waals surface area (Å²) in [4.78, 5) is 0. The molecule has 22 heavy (non-hydrogen) atoms. The van der Waals surface area contributed by atoms with Crippen LogP contribution in [0.4, 0.5) is 0 Å². The zero-order valence-electron chi connectivity index (χ0n) is 12.5. The fraction of sp³-hybridized carbons (Fsp3) is 0.294. The van der Waals surface area contributed by atoms with Gasteiger partial charge in [-0.3, -0.25) is 0 Å². The lowest BCUT2D eigenvalue weighted by molar-refractivity contribution is 0.174. The van der Waals surface area contributed by atoms with E-state index in [1.54, 1.807) is 0 Å². The number of hydrogen-bond donors (Lipinski definition) is 1. The summed E-state index contributed by atoms with van der Waals surface area (Å²) < 4.78 is 10.8. The predicted molar refractivity (Wildman–Crippen MR) is 88.9 cm³/mol. The minimum absolute atomic E-state index is 0.260. The molecule has 0 saturated heterocycles. The smallest absolute Gasteiger partial charge is 0.231 e.